The van der Waals surface area contributed by atoms with E-state index in [2.05, 4.69) is 15.5 Å². The average Bonchev–Trinajstić information content (AvgIpc) is 3.20. The van der Waals surface area contributed by atoms with E-state index in [1.165, 1.54) is 11.8 Å². The molecule has 0 bridgehead atoms. The molecule has 0 radical (unpaired) electrons. The number of carbonyl (C=O) groups excluding carboxylic acids is 2. The van der Waals surface area contributed by atoms with Gasteiger partial charge in [-0.2, -0.15) is 5.26 Å². The van der Waals surface area contributed by atoms with Gasteiger partial charge in [0.25, 0.3) is 5.91 Å². The molecule has 170 valence electrons. The van der Waals surface area contributed by atoms with E-state index in [9.17, 15) is 9.59 Å². The number of nitrogens with zero attached hydrogens (tertiary/aromatic N) is 4. The number of Topliss-reactive ketones (excluding diaryl/α,β-unsaturated/α-hetero) is 1. The van der Waals surface area contributed by atoms with Gasteiger partial charge in [0, 0.05) is 18.2 Å². The van der Waals surface area contributed by atoms with Gasteiger partial charge in [0.05, 0.1) is 30.5 Å². The minimum Gasteiger partial charge on any atom is -0.497 e. The van der Waals surface area contributed by atoms with Crippen LogP contribution in [0, 0.1) is 17.2 Å². The standard InChI is InChI=1S/C24H25N5O3S/c1-15(2)21(26-23(31)18-9-11-19(32-4)12-10-18)22-27-28-24(29(22)3)33-14-20(30)17-7-5-16(13-25)6-8-17/h5-12,15,21H,14H2,1-4H3,(H,26,31)/t21-/m0/s1. The van der Waals surface area contributed by atoms with Crippen LogP contribution in [-0.2, 0) is 7.05 Å². The highest BCUT2D eigenvalue weighted by Gasteiger charge is 2.25. The predicted molar refractivity (Wildman–Crippen MR) is 125 cm³/mol. The Morgan fingerprint density at radius 1 is 1.09 bits per heavy atom. The molecule has 1 N–H and O–H groups in total. The highest BCUT2D eigenvalue weighted by atomic mass is 32.2. The maximum absolute atomic E-state index is 12.8. The summed E-state index contributed by atoms with van der Waals surface area (Å²) in [5.41, 5.74) is 1.57. The topological polar surface area (TPSA) is 110 Å². The second kappa shape index (κ2) is 10.8. The lowest BCUT2D eigenvalue weighted by Crippen LogP contribution is -2.33. The second-order valence-electron chi connectivity index (χ2n) is 7.72. The average molecular weight is 464 g/mol. The van der Waals surface area contributed by atoms with Crippen molar-refractivity contribution in [2.75, 3.05) is 12.9 Å². The number of nitriles is 1. The summed E-state index contributed by atoms with van der Waals surface area (Å²) in [6.45, 7) is 3.99. The first-order chi connectivity index (χ1) is 15.8. The number of benzene rings is 2. The lowest BCUT2D eigenvalue weighted by atomic mass is 10.0. The number of hydrogen-bond acceptors (Lipinski definition) is 7. The van der Waals surface area contributed by atoms with E-state index in [0.717, 1.165) is 0 Å². The Morgan fingerprint density at radius 3 is 2.30 bits per heavy atom. The zero-order chi connectivity index (χ0) is 24.0. The van der Waals surface area contributed by atoms with Gasteiger partial charge in [-0.25, -0.2) is 0 Å². The Labute approximate surface area is 197 Å². The summed E-state index contributed by atoms with van der Waals surface area (Å²) < 4.78 is 6.94. The van der Waals surface area contributed by atoms with E-state index in [1.807, 2.05) is 27.0 Å². The first-order valence-electron chi connectivity index (χ1n) is 10.3. The van der Waals surface area contributed by atoms with Crippen molar-refractivity contribution in [3.05, 3.63) is 71.0 Å². The molecule has 1 aromatic heterocycles. The van der Waals surface area contributed by atoms with E-state index >= 15 is 0 Å². The summed E-state index contributed by atoms with van der Waals surface area (Å²) in [4.78, 5) is 25.3. The number of ketones is 1. The number of aromatic nitrogens is 3. The first-order valence-corrected chi connectivity index (χ1v) is 11.3. The van der Waals surface area contributed by atoms with Crippen LogP contribution >= 0.6 is 11.8 Å². The zero-order valence-electron chi connectivity index (χ0n) is 18.9. The summed E-state index contributed by atoms with van der Waals surface area (Å²) in [6, 6.07) is 15.1. The molecule has 0 fully saturated rings. The van der Waals surface area contributed by atoms with Gasteiger partial charge in [-0.15, -0.1) is 10.2 Å². The summed E-state index contributed by atoms with van der Waals surface area (Å²) in [6.07, 6.45) is 0. The van der Waals surface area contributed by atoms with E-state index in [0.29, 0.717) is 33.4 Å². The van der Waals surface area contributed by atoms with Gasteiger partial charge >= 0.3 is 0 Å². The molecule has 0 saturated heterocycles. The second-order valence-corrected chi connectivity index (χ2v) is 8.67. The Kier molecular flexibility index (Phi) is 7.85. The maximum atomic E-state index is 12.8. The fourth-order valence-electron chi connectivity index (χ4n) is 3.16. The molecule has 0 aliphatic rings. The summed E-state index contributed by atoms with van der Waals surface area (Å²) in [7, 11) is 3.39. The van der Waals surface area contributed by atoms with E-state index in [4.69, 9.17) is 10.00 Å². The normalized spacial score (nSPS) is 11.6. The lowest BCUT2D eigenvalue weighted by Gasteiger charge is -2.21. The van der Waals surface area contributed by atoms with Crippen LogP contribution in [-0.4, -0.2) is 39.3 Å². The third-order valence-corrected chi connectivity index (χ3v) is 6.14. The molecule has 3 rings (SSSR count). The van der Waals surface area contributed by atoms with Crippen LogP contribution in [0.3, 0.4) is 0 Å². The lowest BCUT2D eigenvalue weighted by molar-refractivity contribution is 0.0921. The number of carbonyl (C=O) groups is 2. The van der Waals surface area contributed by atoms with Gasteiger partial charge in [0.1, 0.15) is 5.75 Å². The molecule has 1 heterocycles. The van der Waals surface area contributed by atoms with Crippen molar-refractivity contribution >= 4 is 23.5 Å². The van der Waals surface area contributed by atoms with Crippen molar-refractivity contribution in [1.82, 2.24) is 20.1 Å². The Morgan fingerprint density at radius 2 is 1.73 bits per heavy atom. The monoisotopic (exact) mass is 463 g/mol. The molecule has 2 aromatic carbocycles. The highest BCUT2D eigenvalue weighted by molar-refractivity contribution is 7.99. The maximum Gasteiger partial charge on any atom is 0.251 e. The molecule has 1 amide bonds. The predicted octanol–water partition coefficient (Wildman–Crippen LogP) is 3.80. The zero-order valence-corrected chi connectivity index (χ0v) is 19.7. The van der Waals surface area contributed by atoms with E-state index < -0.39 is 0 Å². The number of amides is 1. The van der Waals surface area contributed by atoms with Crippen molar-refractivity contribution in [3.8, 4) is 11.8 Å². The summed E-state index contributed by atoms with van der Waals surface area (Å²) in [5, 5.41) is 21.0. The van der Waals surface area contributed by atoms with Crippen molar-refractivity contribution in [3.63, 3.8) is 0 Å². The molecular formula is C24H25N5O3S. The fraction of sp³-hybridized carbons (Fsp3) is 0.292. The van der Waals surface area contributed by atoms with Crippen molar-refractivity contribution in [2.24, 2.45) is 13.0 Å². The Bertz CT molecular complexity index is 1160. The smallest absolute Gasteiger partial charge is 0.251 e. The van der Waals surface area contributed by atoms with Gasteiger partial charge < -0.3 is 14.6 Å². The summed E-state index contributed by atoms with van der Waals surface area (Å²) >= 11 is 1.28. The van der Waals surface area contributed by atoms with Crippen molar-refractivity contribution in [1.29, 1.82) is 5.26 Å². The summed E-state index contributed by atoms with van der Waals surface area (Å²) in [5.74, 6) is 1.25. The van der Waals surface area contributed by atoms with Crippen LogP contribution in [0.4, 0.5) is 0 Å². The van der Waals surface area contributed by atoms with Gasteiger partial charge in [-0.3, -0.25) is 9.59 Å². The van der Waals surface area contributed by atoms with E-state index in [-0.39, 0.29) is 29.4 Å². The van der Waals surface area contributed by atoms with Crippen LogP contribution in [0.5, 0.6) is 5.75 Å². The third-order valence-electron chi connectivity index (χ3n) is 5.12. The Hall–Kier alpha value is -3.64. The first kappa shape index (κ1) is 24.0. The molecule has 0 unspecified atom stereocenters. The number of thioether (sulfide) groups is 1. The fourth-order valence-corrected chi connectivity index (χ4v) is 3.98. The number of methoxy groups -OCH3 is 1. The van der Waals surface area contributed by atoms with Crippen molar-refractivity contribution < 1.29 is 14.3 Å². The van der Waals surface area contributed by atoms with Crippen molar-refractivity contribution in [2.45, 2.75) is 25.0 Å². The Balaban J connectivity index is 1.69. The molecule has 8 nitrogen and oxygen atoms in total. The number of nitrogens with one attached hydrogen (secondary N) is 1. The molecule has 1 atom stereocenters. The third kappa shape index (κ3) is 5.79. The molecule has 0 aliphatic heterocycles. The van der Waals surface area contributed by atoms with E-state index in [1.54, 1.807) is 60.2 Å². The van der Waals surface area contributed by atoms with Gasteiger partial charge in [0.15, 0.2) is 16.8 Å². The minimum atomic E-state index is -0.360. The van der Waals surface area contributed by atoms with Gasteiger partial charge in [-0.1, -0.05) is 37.7 Å². The number of rotatable bonds is 9. The number of ether oxygens (including phenoxy) is 1. The molecule has 0 saturated carbocycles. The number of hydrogen-bond donors (Lipinski definition) is 1. The molecule has 33 heavy (non-hydrogen) atoms. The molecule has 3 aromatic rings. The van der Waals surface area contributed by atoms with Crippen LogP contribution < -0.4 is 10.1 Å². The molecule has 0 spiro atoms. The van der Waals surface area contributed by atoms with Crippen LogP contribution in [0.2, 0.25) is 0 Å². The van der Waals surface area contributed by atoms with Gasteiger partial charge in [0.2, 0.25) is 0 Å². The van der Waals surface area contributed by atoms with Crippen LogP contribution in [0.15, 0.2) is 53.7 Å². The minimum absolute atomic E-state index is 0.0632. The quantitative estimate of drug-likeness (QED) is 0.380. The SMILES string of the molecule is COc1ccc(C(=O)N[C@H](c2nnc(SCC(=O)c3ccc(C#N)cc3)n2C)C(C)C)cc1. The largest absolute Gasteiger partial charge is 0.497 e. The van der Waals surface area contributed by atoms with Crippen LogP contribution in [0.25, 0.3) is 0 Å². The highest BCUT2D eigenvalue weighted by Crippen LogP contribution is 2.25. The molecule has 0 aliphatic carbocycles. The van der Waals surface area contributed by atoms with Gasteiger partial charge in [-0.05, 0) is 42.3 Å². The molecule has 9 heteroatoms. The van der Waals surface area contributed by atoms with Crippen LogP contribution in [0.1, 0.15) is 52.0 Å². The molecular weight excluding hydrogens is 438 g/mol.